The molecule has 1 aromatic rings. The predicted molar refractivity (Wildman–Crippen MR) is 50.7 cm³/mol. The van der Waals surface area contributed by atoms with E-state index in [2.05, 4.69) is 10.3 Å². The van der Waals surface area contributed by atoms with Crippen molar-refractivity contribution in [2.75, 3.05) is 33.0 Å². The maximum atomic E-state index is 5.30. The first-order valence-electron chi connectivity index (χ1n) is 4.63. The molecule has 0 radical (unpaired) electrons. The summed E-state index contributed by atoms with van der Waals surface area (Å²) >= 11 is 0. The van der Waals surface area contributed by atoms with Crippen LogP contribution in [0.5, 0.6) is 0 Å². The average molecular weight is 200 g/mol. The lowest BCUT2D eigenvalue weighted by Crippen LogP contribution is -2.13. The zero-order valence-electron chi connectivity index (χ0n) is 8.13. The van der Waals surface area contributed by atoms with Crippen LogP contribution in [0.15, 0.2) is 12.4 Å². The predicted octanol–water partition coefficient (Wildman–Crippen LogP) is -0.730. The highest BCUT2D eigenvalue weighted by Gasteiger charge is 1.92. The van der Waals surface area contributed by atoms with Gasteiger partial charge in [0.05, 0.1) is 39.2 Å². The molecule has 14 heavy (non-hydrogen) atoms. The van der Waals surface area contributed by atoms with Crippen LogP contribution in [0.2, 0.25) is 0 Å². The number of nitrogens with two attached hydrogens (primary N) is 1. The third-order valence-electron chi connectivity index (χ3n) is 1.57. The van der Waals surface area contributed by atoms with E-state index in [1.54, 1.807) is 17.1 Å². The molecule has 6 nitrogen and oxygen atoms in total. The molecule has 0 saturated heterocycles. The van der Waals surface area contributed by atoms with Gasteiger partial charge in [0, 0.05) is 12.7 Å². The minimum Gasteiger partial charge on any atom is -0.378 e. The normalized spacial score (nSPS) is 10.6. The molecular formula is C8H16N4O2. The highest BCUT2D eigenvalue weighted by Crippen LogP contribution is 1.83. The van der Waals surface area contributed by atoms with Gasteiger partial charge in [-0.15, -0.1) is 5.10 Å². The van der Waals surface area contributed by atoms with Crippen molar-refractivity contribution in [3.05, 3.63) is 12.4 Å². The van der Waals surface area contributed by atoms with Gasteiger partial charge >= 0.3 is 0 Å². The Morgan fingerprint density at radius 3 is 2.57 bits per heavy atom. The molecule has 0 fully saturated rings. The first kappa shape index (κ1) is 11.1. The van der Waals surface area contributed by atoms with Crippen LogP contribution in [0, 0.1) is 0 Å². The third kappa shape index (κ3) is 4.90. The highest BCUT2D eigenvalue weighted by atomic mass is 16.5. The van der Waals surface area contributed by atoms with E-state index in [0.717, 1.165) is 6.54 Å². The van der Waals surface area contributed by atoms with Gasteiger partial charge < -0.3 is 15.2 Å². The molecule has 0 unspecified atom stereocenters. The first-order chi connectivity index (χ1) is 6.93. The number of ether oxygens (including phenoxy) is 2. The van der Waals surface area contributed by atoms with Crippen LogP contribution >= 0.6 is 0 Å². The Morgan fingerprint density at radius 1 is 1.14 bits per heavy atom. The van der Waals surface area contributed by atoms with Crippen molar-refractivity contribution in [3.8, 4) is 0 Å². The lowest BCUT2D eigenvalue weighted by Gasteiger charge is -2.04. The molecule has 0 bridgehead atoms. The van der Waals surface area contributed by atoms with Crippen LogP contribution in [0.4, 0.5) is 0 Å². The van der Waals surface area contributed by atoms with E-state index < -0.39 is 0 Å². The SMILES string of the molecule is NCCOCCOCCn1ccnn1. The summed E-state index contributed by atoms with van der Waals surface area (Å²) in [6.45, 7) is 3.67. The molecule has 6 heteroatoms. The maximum Gasteiger partial charge on any atom is 0.0701 e. The third-order valence-corrected chi connectivity index (χ3v) is 1.57. The number of hydrogen-bond acceptors (Lipinski definition) is 5. The summed E-state index contributed by atoms with van der Waals surface area (Å²) in [4.78, 5) is 0. The molecule has 1 rings (SSSR count). The second kappa shape index (κ2) is 7.43. The molecular weight excluding hydrogens is 184 g/mol. The molecule has 0 aliphatic rings. The standard InChI is InChI=1S/C8H16N4O2/c9-1-5-13-7-8-14-6-4-12-3-2-10-11-12/h2-3H,1,4-9H2. The summed E-state index contributed by atoms with van der Waals surface area (Å²) in [5.74, 6) is 0. The summed E-state index contributed by atoms with van der Waals surface area (Å²) in [5, 5.41) is 7.48. The number of hydrogen-bond donors (Lipinski definition) is 1. The van der Waals surface area contributed by atoms with Gasteiger partial charge in [-0.05, 0) is 0 Å². The van der Waals surface area contributed by atoms with Crippen LogP contribution < -0.4 is 5.73 Å². The summed E-state index contributed by atoms with van der Waals surface area (Å²) in [7, 11) is 0. The lowest BCUT2D eigenvalue weighted by molar-refractivity contribution is 0.0466. The van der Waals surface area contributed by atoms with Gasteiger partial charge in [0.15, 0.2) is 0 Å². The molecule has 0 spiro atoms. The molecule has 0 aliphatic carbocycles. The van der Waals surface area contributed by atoms with E-state index in [4.69, 9.17) is 15.2 Å². The average Bonchev–Trinajstić information content (AvgIpc) is 2.69. The number of rotatable bonds is 8. The fourth-order valence-electron chi connectivity index (χ4n) is 0.915. The van der Waals surface area contributed by atoms with Crippen molar-refractivity contribution in [2.45, 2.75) is 6.54 Å². The molecule has 0 amide bonds. The maximum absolute atomic E-state index is 5.30. The van der Waals surface area contributed by atoms with Gasteiger partial charge in [-0.3, -0.25) is 4.68 Å². The van der Waals surface area contributed by atoms with Crippen molar-refractivity contribution in [2.24, 2.45) is 5.73 Å². The van der Waals surface area contributed by atoms with Gasteiger partial charge in [-0.25, -0.2) is 0 Å². The molecule has 0 aromatic carbocycles. The van der Waals surface area contributed by atoms with Gasteiger partial charge in [0.1, 0.15) is 0 Å². The quantitative estimate of drug-likeness (QED) is 0.560. The van der Waals surface area contributed by atoms with E-state index in [0.29, 0.717) is 33.0 Å². The Labute approximate surface area is 83.0 Å². The summed E-state index contributed by atoms with van der Waals surface area (Å²) in [5.41, 5.74) is 5.25. The molecule has 0 atom stereocenters. The zero-order valence-corrected chi connectivity index (χ0v) is 8.13. The van der Waals surface area contributed by atoms with E-state index in [1.165, 1.54) is 0 Å². The van der Waals surface area contributed by atoms with Gasteiger partial charge in [-0.2, -0.15) is 0 Å². The number of nitrogens with zero attached hydrogens (tertiary/aromatic N) is 3. The second-order valence-corrected chi connectivity index (χ2v) is 2.68. The van der Waals surface area contributed by atoms with E-state index in [1.807, 2.05) is 0 Å². The van der Waals surface area contributed by atoms with E-state index >= 15 is 0 Å². The Morgan fingerprint density at radius 2 is 1.93 bits per heavy atom. The molecule has 80 valence electrons. The Bertz CT molecular complexity index is 215. The molecule has 1 heterocycles. The molecule has 0 aliphatic heterocycles. The van der Waals surface area contributed by atoms with E-state index in [9.17, 15) is 0 Å². The topological polar surface area (TPSA) is 75.2 Å². The Hall–Kier alpha value is -0.980. The van der Waals surface area contributed by atoms with Crippen LogP contribution in [-0.4, -0.2) is 48.0 Å². The fraction of sp³-hybridized carbons (Fsp3) is 0.750. The van der Waals surface area contributed by atoms with Crippen LogP contribution in [0.25, 0.3) is 0 Å². The minimum atomic E-state index is 0.555. The summed E-state index contributed by atoms with van der Waals surface area (Å²) in [6, 6.07) is 0. The second-order valence-electron chi connectivity index (χ2n) is 2.68. The highest BCUT2D eigenvalue weighted by molar-refractivity contribution is 4.63. The van der Waals surface area contributed by atoms with Crippen LogP contribution in [0.3, 0.4) is 0 Å². The number of aromatic nitrogens is 3. The van der Waals surface area contributed by atoms with Crippen molar-refractivity contribution in [1.29, 1.82) is 0 Å². The van der Waals surface area contributed by atoms with Gasteiger partial charge in [0.2, 0.25) is 0 Å². The summed E-state index contributed by atoms with van der Waals surface area (Å²) < 4.78 is 12.2. The molecule has 1 aromatic heterocycles. The molecule has 0 saturated carbocycles. The van der Waals surface area contributed by atoms with Gasteiger partial charge in [0.25, 0.3) is 0 Å². The van der Waals surface area contributed by atoms with Crippen LogP contribution in [-0.2, 0) is 16.0 Å². The molecule has 2 N–H and O–H groups in total. The fourth-order valence-corrected chi connectivity index (χ4v) is 0.915. The van der Waals surface area contributed by atoms with Crippen LogP contribution in [0.1, 0.15) is 0 Å². The minimum absolute atomic E-state index is 0.555. The van der Waals surface area contributed by atoms with Crippen molar-refractivity contribution >= 4 is 0 Å². The van der Waals surface area contributed by atoms with Crippen molar-refractivity contribution in [1.82, 2.24) is 15.0 Å². The zero-order chi connectivity index (χ0) is 10.1. The lowest BCUT2D eigenvalue weighted by atomic mass is 10.6. The first-order valence-corrected chi connectivity index (χ1v) is 4.63. The van der Waals surface area contributed by atoms with Gasteiger partial charge in [-0.1, -0.05) is 5.21 Å². The van der Waals surface area contributed by atoms with Crippen molar-refractivity contribution in [3.63, 3.8) is 0 Å². The smallest absolute Gasteiger partial charge is 0.0701 e. The van der Waals surface area contributed by atoms with Crippen molar-refractivity contribution < 1.29 is 9.47 Å². The summed E-state index contributed by atoms with van der Waals surface area (Å²) in [6.07, 6.45) is 3.44. The Kier molecular flexibility index (Phi) is 5.89. The largest absolute Gasteiger partial charge is 0.378 e. The monoisotopic (exact) mass is 200 g/mol. The Balaban J connectivity index is 1.85. The van der Waals surface area contributed by atoms with E-state index in [-0.39, 0.29) is 0 Å².